The van der Waals surface area contributed by atoms with Crippen LogP contribution in [0.25, 0.3) is 11.4 Å². The van der Waals surface area contributed by atoms with Crippen LogP contribution in [-0.4, -0.2) is 32.9 Å². The second-order valence-corrected chi connectivity index (χ2v) is 6.21. The predicted octanol–water partition coefficient (Wildman–Crippen LogP) is 3.08. The number of hydrogen-bond acceptors (Lipinski definition) is 6. The van der Waals surface area contributed by atoms with Gasteiger partial charge in [-0.1, -0.05) is 19.1 Å². The number of aromatic nitrogens is 2. The first-order valence-electron chi connectivity index (χ1n) is 8.47. The van der Waals surface area contributed by atoms with Gasteiger partial charge in [0.05, 0.1) is 4.92 Å². The third-order valence-corrected chi connectivity index (χ3v) is 3.93. The van der Waals surface area contributed by atoms with E-state index in [-0.39, 0.29) is 17.6 Å². The molecule has 0 fully saturated rings. The molecular formula is C18H23N5O3. The molecule has 0 saturated carbocycles. The monoisotopic (exact) mass is 357 g/mol. The van der Waals surface area contributed by atoms with E-state index in [1.807, 2.05) is 13.8 Å². The van der Waals surface area contributed by atoms with Crippen LogP contribution in [0.3, 0.4) is 0 Å². The molecule has 138 valence electrons. The highest BCUT2D eigenvalue weighted by atomic mass is 16.6. The molecule has 2 unspecified atom stereocenters. The van der Waals surface area contributed by atoms with Crippen LogP contribution in [0, 0.1) is 17.0 Å². The minimum atomic E-state index is -0.476. The number of nitro benzene ring substituents is 1. The number of benzene rings is 1. The summed E-state index contributed by atoms with van der Waals surface area (Å²) < 4.78 is 0. The summed E-state index contributed by atoms with van der Waals surface area (Å²) >= 11 is 0. The predicted molar refractivity (Wildman–Crippen MR) is 99.8 cm³/mol. The highest BCUT2D eigenvalue weighted by Gasteiger charge is 2.16. The van der Waals surface area contributed by atoms with Crippen LogP contribution in [0.1, 0.15) is 32.9 Å². The van der Waals surface area contributed by atoms with Crippen molar-refractivity contribution >= 4 is 17.4 Å². The Morgan fingerprint density at radius 1 is 1.27 bits per heavy atom. The fourth-order valence-electron chi connectivity index (χ4n) is 2.29. The maximum absolute atomic E-state index is 12.2. The summed E-state index contributed by atoms with van der Waals surface area (Å²) in [6, 6.07) is 7.50. The minimum absolute atomic E-state index is 0.0246. The fourth-order valence-corrected chi connectivity index (χ4v) is 2.29. The zero-order valence-corrected chi connectivity index (χ0v) is 15.3. The van der Waals surface area contributed by atoms with Gasteiger partial charge < -0.3 is 10.6 Å². The van der Waals surface area contributed by atoms with Crippen LogP contribution in [0.4, 0.5) is 11.5 Å². The number of nitrogens with zero attached hydrogens (tertiary/aromatic N) is 3. The molecule has 2 N–H and O–H groups in total. The molecule has 0 radical (unpaired) electrons. The highest BCUT2D eigenvalue weighted by molar-refractivity contribution is 5.84. The standard InChI is InChI=1S/C18H23N5O3/c1-5-11(2)20-18(24)13(4)21-16-9-12(3)19-17(22-16)14-7-6-8-15(10-14)23(25)26/h6-11,13H,5H2,1-4H3,(H,20,24)(H,19,21,22). The zero-order chi connectivity index (χ0) is 19.3. The molecule has 2 rings (SSSR count). The number of carbonyl (C=O) groups excluding carboxylic acids is 1. The summed E-state index contributed by atoms with van der Waals surface area (Å²) in [6.45, 7) is 7.50. The van der Waals surface area contributed by atoms with Crippen LogP contribution >= 0.6 is 0 Å². The molecule has 0 aliphatic rings. The van der Waals surface area contributed by atoms with Crippen LogP contribution in [0.15, 0.2) is 30.3 Å². The van der Waals surface area contributed by atoms with Crippen molar-refractivity contribution < 1.29 is 9.72 Å². The molecule has 0 saturated heterocycles. The van der Waals surface area contributed by atoms with E-state index in [0.29, 0.717) is 22.9 Å². The zero-order valence-electron chi connectivity index (χ0n) is 15.3. The highest BCUT2D eigenvalue weighted by Crippen LogP contribution is 2.22. The molecule has 1 amide bonds. The lowest BCUT2D eigenvalue weighted by atomic mass is 10.2. The molecule has 2 aromatic rings. The normalized spacial score (nSPS) is 12.9. The van der Waals surface area contributed by atoms with Crippen LogP contribution < -0.4 is 10.6 Å². The van der Waals surface area contributed by atoms with Gasteiger partial charge in [-0.2, -0.15) is 0 Å². The van der Waals surface area contributed by atoms with E-state index < -0.39 is 11.0 Å². The van der Waals surface area contributed by atoms with E-state index in [2.05, 4.69) is 20.6 Å². The van der Waals surface area contributed by atoms with Gasteiger partial charge in [0.2, 0.25) is 5.91 Å². The SMILES string of the molecule is CCC(C)NC(=O)C(C)Nc1cc(C)nc(-c2cccc([N+](=O)[O-])c2)n1. The molecule has 2 atom stereocenters. The number of nitro groups is 1. The Hall–Kier alpha value is -3.03. The smallest absolute Gasteiger partial charge is 0.270 e. The number of non-ortho nitro benzene ring substituents is 1. The van der Waals surface area contributed by atoms with Crippen molar-refractivity contribution in [1.82, 2.24) is 15.3 Å². The molecule has 1 aromatic carbocycles. The Labute approximate surface area is 152 Å². The first-order chi connectivity index (χ1) is 12.3. The van der Waals surface area contributed by atoms with Crippen molar-refractivity contribution in [1.29, 1.82) is 0 Å². The van der Waals surface area contributed by atoms with E-state index in [4.69, 9.17) is 0 Å². The third kappa shape index (κ3) is 4.98. The van der Waals surface area contributed by atoms with Gasteiger partial charge in [0, 0.05) is 35.5 Å². The third-order valence-electron chi connectivity index (χ3n) is 3.93. The van der Waals surface area contributed by atoms with Crippen molar-refractivity contribution in [2.24, 2.45) is 0 Å². The van der Waals surface area contributed by atoms with Gasteiger partial charge >= 0.3 is 0 Å². The second-order valence-electron chi connectivity index (χ2n) is 6.21. The van der Waals surface area contributed by atoms with E-state index >= 15 is 0 Å². The van der Waals surface area contributed by atoms with E-state index in [0.717, 1.165) is 6.42 Å². The molecule has 0 aliphatic heterocycles. The van der Waals surface area contributed by atoms with Crippen molar-refractivity contribution in [3.63, 3.8) is 0 Å². The van der Waals surface area contributed by atoms with Gasteiger partial charge in [-0.25, -0.2) is 9.97 Å². The number of anilines is 1. The van der Waals surface area contributed by atoms with Gasteiger partial charge in [0.1, 0.15) is 11.9 Å². The molecule has 1 aromatic heterocycles. The van der Waals surface area contributed by atoms with Gasteiger partial charge in [0.25, 0.3) is 5.69 Å². The summed E-state index contributed by atoms with van der Waals surface area (Å²) in [5.41, 5.74) is 1.21. The van der Waals surface area contributed by atoms with E-state index in [1.165, 1.54) is 12.1 Å². The molecule has 8 nitrogen and oxygen atoms in total. The van der Waals surface area contributed by atoms with Gasteiger partial charge in [-0.15, -0.1) is 0 Å². The summed E-state index contributed by atoms with van der Waals surface area (Å²) in [7, 11) is 0. The molecule has 0 spiro atoms. The Balaban J connectivity index is 2.23. The van der Waals surface area contributed by atoms with Gasteiger partial charge in [-0.3, -0.25) is 14.9 Å². The quantitative estimate of drug-likeness (QED) is 0.582. The Morgan fingerprint density at radius 2 is 2.00 bits per heavy atom. The summed E-state index contributed by atoms with van der Waals surface area (Å²) in [6.07, 6.45) is 0.849. The van der Waals surface area contributed by atoms with E-state index in [9.17, 15) is 14.9 Å². The first kappa shape index (κ1) is 19.3. The Kier molecular flexibility index (Phi) is 6.21. The van der Waals surface area contributed by atoms with Crippen molar-refractivity contribution in [2.75, 3.05) is 5.32 Å². The van der Waals surface area contributed by atoms with E-state index in [1.54, 1.807) is 32.0 Å². The number of rotatable bonds is 7. The summed E-state index contributed by atoms with van der Waals surface area (Å²) in [5, 5.41) is 16.9. The second kappa shape index (κ2) is 8.37. The van der Waals surface area contributed by atoms with Crippen molar-refractivity contribution in [3.8, 4) is 11.4 Å². The van der Waals surface area contributed by atoms with Crippen LogP contribution in [0.5, 0.6) is 0 Å². The summed E-state index contributed by atoms with van der Waals surface area (Å²) in [4.78, 5) is 31.4. The molecule has 1 heterocycles. The average molecular weight is 357 g/mol. The molecule has 26 heavy (non-hydrogen) atoms. The molecular weight excluding hydrogens is 334 g/mol. The number of nitrogens with one attached hydrogen (secondary N) is 2. The lowest BCUT2D eigenvalue weighted by molar-refractivity contribution is -0.384. The lowest BCUT2D eigenvalue weighted by Gasteiger charge is -2.18. The molecule has 0 aliphatic carbocycles. The van der Waals surface area contributed by atoms with Gasteiger partial charge in [0.15, 0.2) is 5.82 Å². The lowest BCUT2D eigenvalue weighted by Crippen LogP contribution is -2.42. The number of amides is 1. The Bertz CT molecular complexity index is 809. The van der Waals surface area contributed by atoms with Crippen molar-refractivity contribution in [2.45, 2.75) is 46.2 Å². The largest absolute Gasteiger partial charge is 0.359 e. The number of aryl methyl sites for hydroxylation is 1. The molecule has 8 heteroatoms. The van der Waals surface area contributed by atoms with Crippen LogP contribution in [0.2, 0.25) is 0 Å². The van der Waals surface area contributed by atoms with Crippen molar-refractivity contribution in [3.05, 3.63) is 46.1 Å². The minimum Gasteiger partial charge on any atom is -0.359 e. The first-order valence-corrected chi connectivity index (χ1v) is 8.47. The summed E-state index contributed by atoms with van der Waals surface area (Å²) in [5.74, 6) is 0.740. The number of hydrogen-bond donors (Lipinski definition) is 2. The average Bonchev–Trinajstić information content (AvgIpc) is 2.61. The van der Waals surface area contributed by atoms with Gasteiger partial charge in [-0.05, 0) is 27.2 Å². The maximum atomic E-state index is 12.2. The molecule has 0 bridgehead atoms. The number of carbonyl (C=O) groups is 1. The maximum Gasteiger partial charge on any atom is 0.270 e. The Morgan fingerprint density at radius 3 is 2.65 bits per heavy atom. The topological polar surface area (TPSA) is 110 Å². The fraction of sp³-hybridized carbons (Fsp3) is 0.389. The van der Waals surface area contributed by atoms with Crippen LogP contribution in [-0.2, 0) is 4.79 Å².